The predicted octanol–water partition coefficient (Wildman–Crippen LogP) is 16.3. The van der Waals surface area contributed by atoms with Crippen molar-refractivity contribution in [1.82, 2.24) is 0 Å². The van der Waals surface area contributed by atoms with Gasteiger partial charge in [-0.3, -0.25) is 0 Å². The third kappa shape index (κ3) is 4.29. The topological polar surface area (TPSA) is 3.24 Å². The third-order valence-corrected chi connectivity index (χ3v) is 20.5. The van der Waals surface area contributed by atoms with Gasteiger partial charge in [-0.25, -0.2) is 0 Å². The quantitative estimate of drug-likeness (QED) is 0.171. The number of rotatable bonds is 5. The van der Waals surface area contributed by atoms with Crippen LogP contribution in [0.25, 0.3) is 22.3 Å². The molecule has 0 N–H and O–H groups in total. The van der Waals surface area contributed by atoms with Crippen molar-refractivity contribution >= 4 is 17.1 Å². The molecular weight excluding hydrogens is 711 g/mol. The minimum absolute atomic E-state index is 0.151. The van der Waals surface area contributed by atoms with Gasteiger partial charge in [0.25, 0.3) is 0 Å². The lowest BCUT2D eigenvalue weighted by Gasteiger charge is -2.56. The Morgan fingerprint density at radius 3 is 0.847 bits per heavy atom. The van der Waals surface area contributed by atoms with E-state index < -0.39 is 60.4 Å². The van der Waals surface area contributed by atoms with Crippen molar-refractivity contribution < 1.29 is 13.7 Å². The van der Waals surface area contributed by atoms with Crippen LogP contribution in [0.5, 0.6) is 0 Å². The first-order valence-corrected chi connectivity index (χ1v) is 21.7. The van der Waals surface area contributed by atoms with E-state index in [9.17, 15) is 5.48 Å². The van der Waals surface area contributed by atoms with Crippen molar-refractivity contribution in [1.29, 1.82) is 0 Å². The molecule has 0 aromatic heterocycles. The van der Waals surface area contributed by atoms with Gasteiger partial charge in [-0.1, -0.05) is 185 Å². The standard InChI is InChI=1S/C58H71N/c1-49(2)43-32-38(33-44-47(43)57(17,53(49,9)10)54(11,12)50(44,3)4)36-29-37(31-42(30-36)59(40-25-21-19-22-26-40)41-27-23-20-24-28-41)39-34-45-48-46(35-39)52(7,8)56(15,16)58(48,18)55(13,14)51(45,5)6/h19-35H,1-18H3/i19D,20D,21D,22D,23D,24D,25D,26D,27D,28D. The molecule has 1 nitrogen and oxygen atoms in total. The average molecular weight is 792 g/mol. The van der Waals surface area contributed by atoms with Crippen LogP contribution in [0.3, 0.4) is 0 Å². The minimum atomic E-state index is -0.599. The summed E-state index contributed by atoms with van der Waals surface area (Å²) < 4.78 is 90.0. The largest absolute Gasteiger partial charge is 0.310 e. The van der Waals surface area contributed by atoms with Crippen LogP contribution in [0.2, 0.25) is 0 Å². The summed E-state index contributed by atoms with van der Waals surface area (Å²) in [6, 6.07) is 9.50. The zero-order valence-corrected chi connectivity index (χ0v) is 39.0. The summed E-state index contributed by atoms with van der Waals surface area (Å²) in [4.78, 5) is 1.32. The summed E-state index contributed by atoms with van der Waals surface area (Å²) in [5, 5.41) is 0. The molecule has 0 spiro atoms. The molecule has 0 saturated heterocycles. The Hall–Kier alpha value is -4.10. The molecule has 0 saturated carbocycles. The number of benzene rings is 5. The zero-order chi connectivity index (χ0) is 51.8. The van der Waals surface area contributed by atoms with E-state index in [-0.39, 0.29) is 65.5 Å². The van der Waals surface area contributed by atoms with Crippen LogP contribution in [-0.2, 0) is 32.5 Å². The van der Waals surface area contributed by atoms with E-state index >= 15 is 0 Å². The van der Waals surface area contributed by atoms with Crippen LogP contribution in [0.15, 0.2) is 103 Å². The van der Waals surface area contributed by atoms with Gasteiger partial charge in [0.1, 0.15) is 0 Å². The van der Waals surface area contributed by atoms with Gasteiger partial charge in [0.2, 0.25) is 0 Å². The van der Waals surface area contributed by atoms with E-state index in [0.717, 1.165) is 22.3 Å². The van der Waals surface area contributed by atoms with Crippen LogP contribution in [0, 0.1) is 21.7 Å². The predicted molar refractivity (Wildman–Crippen MR) is 254 cm³/mol. The van der Waals surface area contributed by atoms with Crippen molar-refractivity contribution in [2.24, 2.45) is 21.7 Å². The highest BCUT2D eigenvalue weighted by molar-refractivity contribution is 5.87. The van der Waals surface area contributed by atoms with Crippen molar-refractivity contribution in [3.63, 3.8) is 0 Å². The second-order valence-electron chi connectivity index (χ2n) is 23.2. The van der Waals surface area contributed by atoms with E-state index in [0.29, 0.717) is 5.69 Å². The van der Waals surface area contributed by atoms with E-state index in [1.54, 1.807) is 0 Å². The molecule has 0 radical (unpaired) electrons. The highest BCUT2D eigenvalue weighted by Gasteiger charge is 2.73. The molecule has 0 bridgehead atoms. The van der Waals surface area contributed by atoms with E-state index in [1.165, 1.54) is 38.3 Å². The van der Waals surface area contributed by atoms with E-state index in [1.807, 2.05) is 12.1 Å². The fourth-order valence-corrected chi connectivity index (χ4v) is 13.5. The molecule has 4 aliphatic rings. The van der Waals surface area contributed by atoms with Crippen LogP contribution in [-0.4, -0.2) is 0 Å². The molecule has 5 aromatic carbocycles. The third-order valence-electron chi connectivity index (χ3n) is 20.5. The summed E-state index contributed by atoms with van der Waals surface area (Å²) in [7, 11) is 0. The molecule has 0 fully saturated rings. The van der Waals surface area contributed by atoms with Crippen LogP contribution in [0.4, 0.5) is 17.1 Å². The molecule has 0 heterocycles. The van der Waals surface area contributed by atoms with Gasteiger partial charge in [0.05, 0.1) is 13.7 Å². The fourth-order valence-electron chi connectivity index (χ4n) is 13.5. The molecule has 1 heteroatoms. The lowest BCUT2D eigenvalue weighted by Crippen LogP contribution is -2.55. The Kier molecular flexibility index (Phi) is 5.81. The number of para-hydroxylation sites is 2. The Balaban J connectivity index is 1.46. The summed E-state index contributed by atoms with van der Waals surface area (Å²) in [5.74, 6) is 0. The molecule has 5 aromatic rings. The van der Waals surface area contributed by atoms with E-state index in [4.69, 9.17) is 8.22 Å². The van der Waals surface area contributed by atoms with Gasteiger partial charge in [0, 0.05) is 27.9 Å². The Morgan fingerprint density at radius 1 is 0.322 bits per heavy atom. The van der Waals surface area contributed by atoms with Gasteiger partial charge >= 0.3 is 0 Å². The van der Waals surface area contributed by atoms with Crippen molar-refractivity contribution in [2.75, 3.05) is 4.90 Å². The van der Waals surface area contributed by atoms with Gasteiger partial charge in [-0.15, -0.1) is 0 Å². The first-order valence-electron chi connectivity index (χ1n) is 26.7. The lowest BCUT2D eigenvalue weighted by atomic mass is 9.47. The molecule has 59 heavy (non-hydrogen) atoms. The molecule has 4 aliphatic carbocycles. The summed E-state index contributed by atoms with van der Waals surface area (Å²) in [6.45, 7) is 43.0. The fraction of sp³-hybridized carbons (Fsp3) is 0.483. The lowest BCUT2D eigenvalue weighted by molar-refractivity contribution is -0.0105. The zero-order valence-electron chi connectivity index (χ0n) is 49.0. The SMILES string of the molecule is [2H]c1c([2H])c([2H])c(N(c2cc(-c3cc4c5c(c3)C(C)(C)C(C)(C)C5(C)C(C)(C)C4(C)C)cc(-c3cc4c5c(c3)C(C)(C)C(C)(C)C5(C)C(C)(C)C4(C)C)c2)c2c([2H])c([2H])c([2H])c([2H])c2[2H])c([2H])c1[2H]. The van der Waals surface area contributed by atoms with E-state index in [2.05, 4.69) is 155 Å². The molecule has 0 atom stereocenters. The van der Waals surface area contributed by atoms with Crippen molar-refractivity contribution in [2.45, 2.75) is 157 Å². The summed E-state index contributed by atoms with van der Waals surface area (Å²) >= 11 is 0. The van der Waals surface area contributed by atoms with Gasteiger partial charge in [-0.2, -0.15) is 0 Å². The molecule has 0 aliphatic heterocycles. The van der Waals surface area contributed by atoms with Crippen molar-refractivity contribution in [3.8, 4) is 22.3 Å². The highest BCUT2D eigenvalue weighted by atomic mass is 15.1. The Labute approximate surface area is 372 Å². The number of anilines is 3. The Bertz CT molecular complexity index is 2800. The molecule has 308 valence electrons. The van der Waals surface area contributed by atoms with Gasteiger partial charge in [0.15, 0.2) is 0 Å². The molecule has 0 unspecified atom stereocenters. The van der Waals surface area contributed by atoms with Gasteiger partial charge < -0.3 is 4.90 Å². The van der Waals surface area contributed by atoms with Crippen LogP contribution in [0.1, 0.15) is 172 Å². The number of hydrogen-bond acceptors (Lipinski definition) is 1. The minimum Gasteiger partial charge on any atom is -0.310 e. The maximum atomic E-state index is 9.37. The smallest absolute Gasteiger partial charge is 0.0645 e. The molecule has 0 amide bonds. The maximum absolute atomic E-state index is 9.37. The monoisotopic (exact) mass is 792 g/mol. The highest BCUT2D eigenvalue weighted by Crippen LogP contribution is 2.78. The maximum Gasteiger partial charge on any atom is 0.0645 e. The second kappa shape index (κ2) is 11.4. The average Bonchev–Trinajstić information content (AvgIpc) is 3.62. The van der Waals surface area contributed by atoms with Crippen LogP contribution >= 0.6 is 0 Å². The first-order chi connectivity index (χ1) is 31.2. The normalized spacial score (nSPS) is 26.1. The molecule has 9 rings (SSSR count). The Morgan fingerprint density at radius 2 is 0.576 bits per heavy atom. The second-order valence-corrected chi connectivity index (χ2v) is 23.2. The summed E-state index contributed by atoms with van der Waals surface area (Å²) in [6.07, 6.45) is 0. The van der Waals surface area contributed by atoms with Crippen molar-refractivity contribution in [3.05, 3.63) is 136 Å². The van der Waals surface area contributed by atoms with Gasteiger partial charge in [-0.05, 0) is 141 Å². The molecular formula is C58H71N. The summed E-state index contributed by atoms with van der Waals surface area (Å²) in [5.41, 5.74) is 9.04. The first kappa shape index (κ1) is 30.0. The number of hydrogen-bond donors (Lipinski definition) is 0. The number of nitrogens with zero attached hydrogens (tertiary/aromatic N) is 1. The van der Waals surface area contributed by atoms with Crippen LogP contribution < -0.4 is 4.90 Å².